The second-order valence-corrected chi connectivity index (χ2v) is 14.3. The van der Waals surface area contributed by atoms with Crippen molar-refractivity contribution in [2.24, 2.45) is 11.3 Å². The van der Waals surface area contributed by atoms with Crippen LogP contribution in [0.2, 0.25) is 0 Å². The summed E-state index contributed by atoms with van der Waals surface area (Å²) in [5.74, 6) is -5.40. The Morgan fingerprint density at radius 2 is 1.42 bits per heavy atom. The van der Waals surface area contributed by atoms with Crippen molar-refractivity contribution >= 4 is 40.9 Å². The maximum absolute atomic E-state index is 12.1. The van der Waals surface area contributed by atoms with Crippen molar-refractivity contribution in [3.8, 4) is 17.3 Å². The van der Waals surface area contributed by atoms with Crippen molar-refractivity contribution in [1.82, 2.24) is 24.3 Å². The van der Waals surface area contributed by atoms with Crippen LogP contribution in [0.15, 0.2) is 91.6 Å². The number of rotatable bonds is 13. The van der Waals surface area contributed by atoms with Crippen LogP contribution in [0.3, 0.4) is 0 Å². The molecule has 16 nitrogen and oxygen atoms in total. The summed E-state index contributed by atoms with van der Waals surface area (Å²) in [6.07, 6.45) is 7.92. The number of carbonyl (C=O) groups is 5. The summed E-state index contributed by atoms with van der Waals surface area (Å²) in [5, 5.41) is 33.2. The molecular weight excluding hydrogens is 736 g/mol. The minimum Gasteiger partial charge on any atom is -0.478 e. The molecule has 0 spiro atoms. The van der Waals surface area contributed by atoms with Gasteiger partial charge in [-0.3, -0.25) is 14.0 Å². The Labute approximate surface area is 327 Å². The Bertz CT molecular complexity index is 2160. The van der Waals surface area contributed by atoms with E-state index in [1.807, 2.05) is 43.9 Å². The van der Waals surface area contributed by atoms with Crippen LogP contribution in [-0.2, 0) is 35.3 Å². The lowest BCUT2D eigenvalue weighted by Gasteiger charge is -2.21. The standard InChI is InChI=1S/C23H28N6O2.C18H14O8/c1-23(2,3)22(30)31-15-28-11-9-18-20(25-14-26-21(18)28)17-12-27-29(13-17)19(8-10-24)16-6-4-5-7-16;19-15(20)13(25-17(23)11-7-3-1-4-8-11)14(16(21)22)26-18(24)12-9-5-2-6-10-12/h9,11-14,16,19H,4-8,15H2,1-3H3;1-10,13-14H,(H,19,20)(H,21,22)/t19-;13-,14-/m10/s1. The summed E-state index contributed by atoms with van der Waals surface area (Å²) in [7, 11) is 0. The third-order valence-corrected chi connectivity index (χ3v) is 9.21. The van der Waals surface area contributed by atoms with Crippen molar-refractivity contribution in [2.75, 3.05) is 0 Å². The second kappa shape index (κ2) is 18.6. The van der Waals surface area contributed by atoms with Crippen LogP contribution in [0, 0.1) is 22.7 Å². The van der Waals surface area contributed by atoms with Crippen molar-refractivity contribution < 1.29 is 48.4 Å². The van der Waals surface area contributed by atoms with Gasteiger partial charge in [-0.2, -0.15) is 10.4 Å². The molecule has 1 aliphatic rings. The number of carboxylic acids is 2. The SMILES string of the molecule is CC(C)(C)C(=O)OCn1ccc2c(-c3cnn([C@H](CC#N)C4CCCC4)c3)ncnc21.O=C(O[C@H](C(=O)O)[C@H](OC(=O)c1ccccc1)C(=O)O)c1ccccc1. The zero-order valence-corrected chi connectivity index (χ0v) is 31.6. The van der Waals surface area contributed by atoms with E-state index in [0.29, 0.717) is 18.0 Å². The van der Waals surface area contributed by atoms with Gasteiger partial charge in [0.25, 0.3) is 0 Å². The fourth-order valence-electron chi connectivity index (χ4n) is 6.23. The number of esters is 3. The number of benzene rings is 2. The van der Waals surface area contributed by atoms with Gasteiger partial charge in [0.2, 0.25) is 12.2 Å². The summed E-state index contributed by atoms with van der Waals surface area (Å²) in [6.45, 7) is 5.58. The van der Waals surface area contributed by atoms with E-state index >= 15 is 0 Å². The lowest BCUT2D eigenvalue weighted by atomic mass is 9.96. The molecule has 296 valence electrons. The van der Waals surface area contributed by atoms with Gasteiger partial charge in [0, 0.05) is 23.3 Å². The number of nitriles is 1. The highest BCUT2D eigenvalue weighted by molar-refractivity contribution is 5.95. The second-order valence-electron chi connectivity index (χ2n) is 14.3. The Hall–Kier alpha value is -6.89. The molecule has 2 aromatic carbocycles. The molecule has 3 aromatic heterocycles. The highest BCUT2D eigenvalue weighted by Crippen LogP contribution is 2.37. The minimum absolute atomic E-state index is 0.0253. The number of aliphatic carboxylic acids is 2. The van der Waals surface area contributed by atoms with Gasteiger partial charge >= 0.3 is 29.8 Å². The van der Waals surface area contributed by atoms with Crippen LogP contribution in [0.5, 0.6) is 0 Å². The molecule has 0 amide bonds. The molecule has 5 aromatic rings. The van der Waals surface area contributed by atoms with Crippen LogP contribution in [0.4, 0.5) is 0 Å². The zero-order valence-electron chi connectivity index (χ0n) is 31.6. The molecule has 2 N–H and O–H groups in total. The summed E-state index contributed by atoms with van der Waals surface area (Å²) >= 11 is 0. The number of carbonyl (C=O) groups excluding carboxylic acids is 3. The minimum atomic E-state index is -2.21. The molecule has 0 saturated heterocycles. The fourth-order valence-corrected chi connectivity index (χ4v) is 6.23. The number of fused-ring (bicyclic) bond motifs is 1. The van der Waals surface area contributed by atoms with Crippen LogP contribution in [-0.4, -0.2) is 76.6 Å². The molecule has 0 bridgehead atoms. The van der Waals surface area contributed by atoms with Gasteiger partial charge in [0.15, 0.2) is 6.73 Å². The number of hydrogen-bond donors (Lipinski definition) is 2. The first-order valence-corrected chi connectivity index (χ1v) is 18.1. The first-order valence-electron chi connectivity index (χ1n) is 18.1. The lowest BCUT2D eigenvalue weighted by molar-refractivity contribution is -0.166. The molecule has 3 heterocycles. The Morgan fingerprint density at radius 1 is 0.860 bits per heavy atom. The van der Waals surface area contributed by atoms with Gasteiger partial charge in [-0.25, -0.2) is 29.1 Å². The highest BCUT2D eigenvalue weighted by Gasteiger charge is 2.41. The average Bonchev–Trinajstić information content (AvgIpc) is 4.00. The van der Waals surface area contributed by atoms with E-state index in [2.05, 4.69) is 21.1 Å². The monoisotopic (exact) mass is 778 g/mol. The summed E-state index contributed by atoms with van der Waals surface area (Å²) in [4.78, 5) is 67.8. The first kappa shape index (κ1) is 41.3. The molecule has 1 saturated carbocycles. The normalized spacial score (nSPS) is 14.3. The molecule has 6 rings (SSSR count). The van der Waals surface area contributed by atoms with E-state index in [-0.39, 0.29) is 29.9 Å². The van der Waals surface area contributed by atoms with Crippen LogP contribution < -0.4 is 0 Å². The Kier molecular flexibility index (Phi) is 13.5. The maximum atomic E-state index is 12.1. The average molecular weight is 779 g/mol. The fraction of sp³-hybridized carbons (Fsp3) is 0.341. The van der Waals surface area contributed by atoms with E-state index in [4.69, 9.17) is 14.2 Å². The van der Waals surface area contributed by atoms with E-state index in [1.165, 1.54) is 67.7 Å². The van der Waals surface area contributed by atoms with Crippen LogP contribution in [0.25, 0.3) is 22.3 Å². The van der Waals surface area contributed by atoms with E-state index in [1.54, 1.807) is 22.9 Å². The van der Waals surface area contributed by atoms with Gasteiger partial charge in [-0.05, 0) is 69.9 Å². The number of aromatic nitrogens is 5. The third kappa shape index (κ3) is 10.5. The predicted molar refractivity (Wildman–Crippen MR) is 202 cm³/mol. The molecule has 0 aliphatic heterocycles. The van der Waals surface area contributed by atoms with Crippen LogP contribution >= 0.6 is 0 Å². The molecule has 0 unspecified atom stereocenters. The topological polar surface area (TPSA) is 226 Å². The van der Waals surface area contributed by atoms with Crippen LogP contribution in [0.1, 0.15) is 79.6 Å². The predicted octanol–water partition coefficient (Wildman–Crippen LogP) is 6.09. The van der Waals surface area contributed by atoms with Crippen molar-refractivity contribution in [1.29, 1.82) is 5.26 Å². The summed E-state index contributed by atoms with van der Waals surface area (Å²) in [6, 6.07) is 19.2. The quantitative estimate of drug-likeness (QED) is 0.102. The summed E-state index contributed by atoms with van der Waals surface area (Å²) < 4.78 is 18.7. The van der Waals surface area contributed by atoms with Crippen molar-refractivity contribution in [2.45, 2.75) is 77.9 Å². The largest absolute Gasteiger partial charge is 0.478 e. The van der Waals surface area contributed by atoms with Crippen molar-refractivity contribution in [3.63, 3.8) is 0 Å². The maximum Gasteiger partial charge on any atom is 0.349 e. The smallest absolute Gasteiger partial charge is 0.349 e. The van der Waals surface area contributed by atoms with Gasteiger partial charge in [0.1, 0.15) is 12.0 Å². The van der Waals surface area contributed by atoms with Crippen molar-refractivity contribution in [3.05, 3.63) is 103 Å². The molecule has 1 fully saturated rings. The highest BCUT2D eigenvalue weighted by atomic mass is 16.6. The van der Waals surface area contributed by atoms with E-state index < -0.39 is 41.5 Å². The molecule has 57 heavy (non-hydrogen) atoms. The molecule has 3 atom stereocenters. The first-order chi connectivity index (χ1) is 27.3. The Balaban J connectivity index is 0.000000221. The van der Waals surface area contributed by atoms with Gasteiger partial charge in [0.05, 0.1) is 47.0 Å². The Morgan fingerprint density at radius 3 is 1.93 bits per heavy atom. The molecular formula is C41H42N6O10. The molecule has 1 aliphatic carbocycles. The van der Waals surface area contributed by atoms with Gasteiger partial charge < -0.3 is 24.4 Å². The number of hydrogen-bond acceptors (Lipinski definition) is 12. The summed E-state index contributed by atoms with van der Waals surface area (Å²) in [5.41, 5.74) is 1.85. The van der Waals surface area contributed by atoms with Gasteiger partial charge in [-0.1, -0.05) is 49.2 Å². The lowest BCUT2D eigenvalue weighted by Crippen LogP contribution is -2.45. The third-order valence-electron chi connectivity index (χ3n) is 9.21. The molecule has 16 heteroatoms. The van der Waals surface area contributed by atoms with Gasteiger partial charge in [-0.15, -0.1) is 0 Å². The number of ether oxygens (including phenoxy) is 3. The van der Waals surface area contributed by atoms with E-state index in [0.717, 1.165) is 29.5 Å². The van der Waals surface area contributed by atoms with E-state index in [9.17, 15) is 39.4 Å². The number of carboxylic acid groups (broad SMARTS) is 2. The zero-order chi connectivity index (χ0) is 41.1. The molecule has 0 radical (unpaired) electrons. The number of nitrogens with zero attached hydrogens (tertiary/aromatic N) is 6.